The number of benzene rings is 3. The zero-order chi connectivity index (χ0) is 20.6. The first-order valence-electron chi connectivity index (χ1n) is 10.3. The Morgan fingerprint density at radius 2 is 1.66 bits per heavy atom. The molecule has 0 heterocycles. The lowest BCUT2D eigenvalue weighted by atomic mass is 9.96. The van der Waals surface area contributed by atoms with E-state index in [1.165, 1.54) is 16.3 Å². The van der Waals surface area contributed by atoms with Crippen LogP contribution in [0.5, 0.6) is 11.5 Å². The highest BCUT2D eigenvalue weighted by atomic mass is 16.5. The van der Waals surface area contributed by atoms with Gasteiger partial charge in [-0.3, -0.25) is 4.79 Å². The Morgan fingerprint density at radius 1 is 0.931 bits per heavy atom. The van der Waals surface area contributed by atoms with Gasteiger partial charge in [0.05, 0.1) is 13.2 Å². The molecule has 0 saturated heterocycles. The highest BCUT2D eigenvalue weighted by Gasteiger charge is 2.13. The average Bonchev–Trinajstić information content (AvgIpc) is 2.74. The van der Waals surface area contributed by atoms with Crippen LogP contribution in [0.2, 0.25) is 0 Å². The smallest absolute Gasteiger partial charge is 0.251 e. The van der Waals surface area contributed by atoms with Gasteiger partial charge in [0, 0.05) is 12.1 Å². The van der Waals surface area contributed by atoms with Gasteiger partial charge in [-0.1, -0.05) is 49.4 Å². The van der Waals surface area contributed by atoms with E-state index >= 15 is 0 Å². The van der Waals surface area contributed by atoms with E-state index in [2.05, 4.69) is 54.7 Å². The molecule has 4 heteroatoms. The third kappa shape index (κ3) is 5.29. The largest absolute Gasteiger partial charge is 0.490 e. The molecule has 1 amide bonds. The van der Waals surface area contributed by atoms with Crippen molar-refractivity contribution in [3.8, 4) is 11.5 Å². The second-order valence-electron chi connectivity index (χ2n) is 7.19. The lowest BCUT2D eigenvalue weighted by Gasteiger charge is -2.15. The molecule has 0 aliphatic rings. The molecule has 0 spiro atoms. The van der Waals surface area contributed by atoms with Gasteiger partial charge >= 0.3 is 0 Å². The molecule has 0 aromatic heterocycles. The van der Waals surface area contributed by atoms with E-state index in [0.717, 1.165) is 6.42 Å². The van der Waals surface area contributed by atoms with Gasteiger partial charge in [0.1, 0.15) is 0 Å². The van der Waals surface area contributed by atoms with Crippen LogP contribution in [0.1, 0.15) is 36.7 Å². The molecule has 0 aliphatic heterocycles. The predicted octanol–water partition coefficient (Wildman–Crippen LogP) is 5.25. The Hall–Kier alpha value is -3.01. The first kappa shape index (κ1) is 20.7. The van der Waals surface area contributed by atoms with Crippen LogP contribution < -0.4 is 14.8 Å². The van der Waals surface area contributed by atoms with Crippen molar-refractivity contribution < 1.29 is 14.3 Å². The minimum Gasteiger partial charge on any atom is -0.490 e. The van der Waals surface area contributed by atoms with Crippen LogP contribution in [0.4, 0.5) is 0 Å². The fraction of sp³-hybridized carbons (Fsp3) is 0.320. The van der Waals surface area contributed by atoms with Gasteiger partial charge in [-0.25, -0.2) is 0 Å². The molecule has 3 aromatic rings. The molecule has 1 atom stereocenters. The molecule has 0 radical (unpaired) electrons. The van der Waals surface area contributed by atoms with Crippen LogP contribution >= 0.6 is 0 Å². The van der Waals surface area contributed by atoms with Gasteiger partial charge in [0.2, 0.25) is 0 Å². The van der Waals surface area contributed by atoms with E-state index in [0.29, 0.717) is 42.7 Å². The standard InChI is InChI=1S/C25H29NO3/c1-4-28-23-14-13-21(16-24(23)29-5-2)25(27)26-17-18(3)15-20-11-8-10-19-9-6-7-12-22(19)20/h6-14,16,18H,4-5,15,17H2,1-3H3,(H,26,27)/t18-/m1/s1. The van der Waals surface area contributed by atoms with E-state index in [1.807, 2.05) is 13.8 Å². The second-order valence-corrected chi connectivity index (χ2v) is 7.19. The number of ether oxygens (including phenoxy) is 2. The van der Waals surface area contributed by atoms with Crippen molar-refractivity contribution in [2.45, 2.75) is 27.2 Å². The first-order chi connectivity index (χ1) is 14.1. The summed E-state index contributed by atoms with van der Waals surface area (Å²) in [6.45, 7) is 7.68. The lowest BCUT2D eigenvalue weighted by molar-refractivity contribution is 0.0947. The molecule has 0 saturated carbocycles. The van der Waals surface area contributed by atoms with Crippen LogP contribution in [0.25, 0.3) is 10.8 Å². The van der Waals surface area contributed by atoms with Crippen LogP contribution in [-0.4, -0.2) is 25.7 Å². The van der Waals surface area contributed by atoms with Gasteiger partial charge in [-0.15, -0.1) is 0 Å². The van der Waals surface area contributed by atoms with Crippen molar-refractivity contribution in [3.05, 3.63) is 71.8 Å². The van der Waals surface area contributed by atoms with Crippen molar-refractivity contribution >= 4 is 16.7 Å². The Balaban J connectivity index is 1.63. The van der Waals surface area contributed by atoms with Crippen LogP contribution in [0, 0.1) is 5.92 Å². The van der Waals surface area contributed by atoms with Gasteiger partial charge in [-0.05, 0) is 60.7 Å². The van der Waals surface area contributed by atoms with Gasteiger partial charge in [0.15, 0.2) is 11.5 Å². The number of hydrogen-bond acceptors (Lipinski definition) is 3. The third-order valence-electron chi connectivity index (χ3n) is 4.86. The topological polar surface area (TPSA) is 47.6 Å². The molecular weight excluding hydrogens is 362 g/mol. The molecule has 3 rings (SSSR count). The molecule has 0 fully saturated rings. The van der Waals surface area contributed by atoms with Crippen molar-refractivity contribution in [3.63, 3.8) is 0 Å². The van der Waals surface area contributed by atoms with Crippen molar-refractivity contribution in [1.29, 1.82) is 0 Å². The minimum absolute atomic E-state index is 0.0984. The highest BCUT2D eigenvalue weighted by molar-refractivity contribution is 5.94. The number of hydrogen-bond donors (Lipinski definition) is 1. The van der Waals surface area contributed by atoms with E-state index in [1.54, 1.807) is 18.2 Å². The summed E-state index contributed by atoms with van der Waals surface area (Å²) in [5, 5.41) is 5.58. The number of rotatable bonds is 9. The van der Waals surface area contributed by atoms with Crippen LogP contribution in [0.15, 0.2) is 60.7 Å². The minimum atomic E-state index is -0.0984. The van der Waals surface area contributed by atoms with Gasteiger partial charge in [0.25, 0.3) is 5.91 Å². The van der Waals surface area contributed by atoms with Crippen molar-refractivity contribution in [2.75, 3.05) is 19.8 Å². The molecule has 4 nitrogen and oxygen atoms in total. The summed E-state index contributed by atoms with van der Waals surface area (Å²) >= 11 is 0. The van der Waals surface area contributed by atoms with Crippen molar-refractivity contribution in [2.24, 2.45) is 5.92 Å². The number of carbonyl (C=O) groups is 1. The SMILES string of the molecule is CCOc1ccc(C(=O)NC[C@H](C)Cc2cccc3ccccc23)cc1OCC. The summed E-state index contributed by atoms with van der Waals surface area (Å²) in [6.07, 6.45) is 0.912. The van der Waals surface area contributed by atoms with Gasteiger partial charge in [-0.2, -0.15) is 0 Å². The Morgan fingerprint density at radius 3 is 2.45 bits per heavy atom. The molecule has 152 valence electrons. The van der Waals surface area contributed by atoms with Gasteiger partial charge < -0.3 is 14.8 Å². The van der Waals surface area contributed by atoms with E-state index in [9.17, 15) is 4.79 Å². The fourth-order valence-electron chi connectivity index (χ4n) is 3.48. The molecule has 0 unspecified atom stereocenters. The number of carbonyl (C=O) groups excluding carboxylic acids is 1. The summed E-state index contributed by atoms with van der Waals surface area (Å²) in [6, 6.07) is 20.1. The second kappa shape index (κ2) is 9.97. The number of amides is 1. The Kier molecular flexibility index (Phi) is 7.12. The average molecular weight is 392 g/mol. The molecule has 0 aliphatic carbocycles. The number of fused-ring (bicyclic) bond motifs is 1. The molecule has 1 N–H and O–H groups in total. The normalized spacial score (nSPS) is 11.8. The first-order valence-corrected chi connectivity index (χ1v) is 10.3. The van der Waals surface area contributed by atoms with Crippen LogP contribution in [0.3, 0.4) is 0 Å². The summed E-state index contributed by atoms with van der Waals surface area (Å²) in [7, 11) is 0. The number of nitrogens with one attached hydrogen (secondary N) is 1. The van der Waals surface area contributed by atoms with E-state index in [-0.39, 0.29) is 5.91 Å². The summed E-state index contributed by atoms with van der Waals surface area (Å²) in [4.78, 5) is 12.6. The monoisotopic (exact) mass is 391 g/mol. The summed E-state index contributed by atoms with van der Waals surface area (Å²) in [5.41, 5.74) is 1.89. The van der Waals surface area contributed by atoms with E-state index in [4.69, 9.17) is 9.47 Å². The van der Waals surface area contributed by atoms with E-state index < -0.39 is 0 Å². The Labute approximate surface area is 172 Å². The third-order valence-corrected chi connectivity index (χ3v) is 4.86. The maximum absolute atomic E-state index is 12.6. The molecule has 0 bridgehead atoms. The molecular formula is C25H29NO3. The highest BCUT2D eigenvalue weighted by Crippen LogP contribution is 2.28. The summed E-state index contributed by atoms with van der Waals surface area (Å²) < 4.78 is 11.2. The Bertz CT molecular complexity index is 962. The summed E-state index contributed by atoms with van der Waals surface area (Å²) in [5.74, 6) is 1.48. The molecule has 3 aromatic carbocycles. The molecule has 29 heavy (non-hydrogen) atoms. The zero-order valence-corrected chi connectivity index (χ0v) is 17.4. The van der Waals surface area contributed by atoms with Crippen LogP contribution in [-0.2, 0) is 6.42 Å². The zero-order valence-electron chi connectivity index (χ0n) is 17.4. The van der Waals surface area contributed by atoms with Crippen molar-refractivity contribution in [1.82, 2.24) is 5.32 Å². The maximum Gasteiger partial charge on any atom is 0.251 e. The maximum atomic E-state index is 12.6. The fourth-order valence-corrected chi connectivity index (χ4v) is 3.48. The predicted molar refractivity (Wildman–Crippen MR) is 118 cm³/mol. The lowest BCUT2D eigenvalue weighted by Crippen LogP contribution is -2.29. The quantitative estimate of drug-likeness (QED) is 0.542.